The maximum absolute atomic E-state index is 12.6. The van der Waals surface area contributed by atoms with Crippen molar-refractivity contribution in [3.05, 3.63) is 11.8 Å². The van der Waals surface area contributed by atoms with Gasteiger partial charge in [0, 0.05) is 19.7 Å². The highest BCUT2D eigenvalue weighted by atomic mass is 19.4. The Labute approximate surface area is 108 Å². The molecule has 0 bridgehead atoms. The molecule has 0 fully saturated rings. The fourth-order valence-electron chi connectivity index (χ4n) is 1.38. The van der Waals surface area contributed by atoms with Crippen molar-refractivity contribution in [2.45, 2.75) is 13.1 Å². The molecule has 9 heteroatoms. The normalized spacial score (nSPS) is 12.7. The van der Waals surface area contributed by atoms with Gasteiger partial charge in [0.15, 0.2) is 5.69 Å². The van der Waals surface area contributed by atoms with Gasteiger partial charge < -0.3 is 4.90 Å². The van der Waals surface area contributed by atoms with Gasteiger partial charge in [0.05, 0.1) is 12.0 Å². The summed E-state index contributed by atoms with van der Waals surface area (Å²) in [6.45, 7) is 1.90. The van der Waals surface area contributed by atoms with Gasteiger partial charge in [0.1, 0.15) is 5.82 Å². The lowest BCUT2D eigenvalue weighted by atomic mass is 10.2. The Morgan fingerprint density at radius 2 is 2.16 bits per heavy atom. The Bertz CT molecular complexity index is 481. The average molecular weight is 274 g/mol. The molecule has 6 nitrogen and oxygen atoms in total. The van der Waals surface area contributed by atoms with E-state index in [1.807, 2.05) is 11.5 Å². The second kappa shape index (κ2) is 5.71. The zero-order valence-corrected chi connectivity index (χ0v) is 10.4. The van der Waals surface area contributed by atoms with E-state index in [0.29, 0.717) is 0 Å². The molecule has 3 N–H and O–H groups in total. The number of halogens is 3. The van der Waals surface area contributed by atoms with Crippen LogP contribution in [0.15, 0.2) is 6.07 Å². The first-order valence-electron chi connectivity index (χ1n) is 5.31. The highest BCUT2D eigenvalue weighted by Crippen LogP contribution is 2.30. The van der Waals surface area contributed by atoms with Gasteiger partial charge in [-0.25, -0.2) is 10.8 Å². The van der Waals surface area contributed by atoms with Gasteiger partial charge in [-0.3, -0.25) is 5.43 Å². The van der Waals surface area contributed by atoms with Crippen LogP contribution in [0.4, 0.5) is 24.9 Å². The quantitative estimate of drug-likeness (QED) is 0.636. The average Bonchev–Trinajstić information content (AvgIpc) is 2.36. The minimum absolute atomic E-state index is 0.0392. The standard InChI is InChI=1S/C10H13F3N6/c1-6(4-14)5-19(2)8-3-7(10(11,12)13)16-9(17-8)18-15/h3,6H,5,15H2,1-2H3,(H,16,17,18). The number of nitrogens with two attached hydrogens (primary N) is 1. The smallest absolute Gasteiger partial charge is 0.358 e. The second-order valence-electron chi connectivity index (χ2n) is 3.99. The molecule has 1 unspecified atom stereocenters. The maximum atomic E-state index is 12.6. The van der Waals surface area contributed by atoms with Crippen molar-refractivity contribution in [3.63, 3.8) is 0 Å². The summed E-state index contributed by atoms with van der Waals surface area (Å²) in [6, 6.07) is 2.80. The largest absolute Gasteiger partial charge is 0.433 e. The number of aromatic nitrogens is 2. The highest BCUT2D eigenvalue weighted by molar-refractivity contribution is 5.44. The number of nitrogens with zero attached hydrogens (tertiary/aromatic N) is 4. The Morgan fingerprint density at radius 3 is 2.63 bits per heavy atom. The van der Waals surface area contributed by atoms with Gasteiger partial charge in [0.25, 0.3) is 0 Å². The number of rotatable bonds is 4. The fraction of sp³-hybridized carbons (Fsp3) is 0.500. The van der Waals surface area contributed by atoms with Crippen LogP contribution in [0.25, 0.3) is 0 Å². The summed E-state index contributed by atoms with van der Waals surface area (Å²) in [5, 5.41) is 8.69. The summed E-state index contributed by atoms with van der Waals surface area (Å²) in [6.07, 6.45) is -4.59. The minimum atomic E-state index is -4.59. The molecule has 1 aromatic rings. The molecule has 0 saturated carbocycles. The predicted molar refractivity (Wildman–Crippen MR) is 62.9 cm³/mol. The molecule has 19 heavy (non-hydrogen) atoms. The van der Waals surface area contributed by atoms with Gasteiger partial charge in [-0.2, -0.15) is 23.4 Å². The maximum Gasteiger partial charge on any atom is 0.433 e. The number of nitriles is 1. The number of hydrogen-bond acceptors (Lipinski definition) is 6. The number of nitrogens with one attached hydrogen (secondary N) is 1. The molecule has 0 aliphatic heterocycles. The molecule has 1 rings (SSSR count). The van der Waals surface area contributed by atoms with Crippen molar-refractivity contribution in [3.8, 4) is 6.07 Å². The van der Waals surface area contributed by atoms with E-state index in [1.54, 1.807) is 6.92 Å². The van der Waals surface area contributed by atoms with Crippen molar-refractivity contribution in [2.24, 2.45) is 11.8 Å². The topological polar surface area (TPSA) is 90.9 Å². The molecule has 0 saturated heterocycles. The first-order chi connectivity index (χ1) is 8.77. The van der Waals surface area contributed by atoms with Crippen molar-refractivity contribution < 1.29 is 13.2 Å². The Kier molecular flexibility index (Phi) is 4.50. The fourth-order valence-corrected chi connectivity index (χ4v) is 1.38. The van der Waals surface area contributed by atoms with Crippen LogP contribution in [-0.2, 0) is 6.18 Å². The molecule has 0 aromatic carbocycles. The molecule has 1 heterocycles. The van der Waals surface area contributed by atoms with Gasteiger partial charge in [-0.1, -0.05) is 0 Å². The van der Waals surface area contributed by atoms with E-state index in [2.05, 4.69) is 9.97 Å². The monoisotopic (exact) mass is 274 g/mol. The number of hydrogen-bond donors (Lipinski definition) is 2. The van der Waals surface area contributed by atoms with Crippen LogP contribution in [0, 0.1) is 17.2 Å². The van der Waals surface area contributed by atoms with Gasteiger partial charge in [0.2, 0.25) is 5.95 Å². The number of anilines is 2. The van der Waals surface area contributed by atoms with Crippen molar-refractivity contribution >= 4 is 11.8 Å². The van der Waals surface area contributed by atoms with E-state index in [4.69, 9.17) is 11.1 Å². The predicted octanol–water partition coefficient (Wildman–Crippen LogP) is 1.38. The summed E-state index contributed by atoms with van der Waals surface area (Å²) in [5.74, 6) is 4.41. The number of alkyl halides is 3. The van der Waals surface area contributed by atoms with Gasteiger partial charge >= 0.3 is 6.18 Å². The zero-order valence-electron chi connectivity index (χ0n) is 10.4. The molecular weight excluding hydrogens is 261 g/mol. The van der Waals surface area contributed by atoms with Crippen LogP contribution in [0.1, 0.15) is 12.6 Å². The molecule has 0 amide bonds. The number of nitrogen functional groups attached to an aromatic ring is 1. The summed E-state index contributed by atoms with van der Waals surface area (Å²) in [4.78, 5) is 8.50. The lowest BCUT2D eigenvalue weighted by Crippen LogP contribution is -2.26. The third-order valence-corrected chi connectivity index (χ3v) is 2.29. The van der Waals surface area contributed by atoms with Gasteiger partial charge in [-0.05, 0) is 6.92 Å². The molecule has 0 aliphatic rings. The summed E-state index contributed by atoms with van der Waals surface area (Å²) >= 11 is 0. The van der Waals surface area contributed by atoms with E-state index >= 15 is 0 Å². The van der Waals surface area contributed by atoms with Crippen molar-refractivity contribution in [1.82, 2.24) is 9.97 Å². The highest BCUT2D eigenvalue weighted by Gasteiger charge is 2.34. The van der Waals surface area contributed by atoms with E-state index in [1.165, 1.54) is 11.9 Å². The van der Waals surface area contributed by atoms with Gasteiger partial charge in [-0.15, -0.1) is 0 Å². The lowest BCUT2D eigenvalue weighted by Gasteiger charge is -2.20. The molecule has 0 aliphatic carbocycles. The van der Waals surface area contributed by atoms with Crippen LogP contribution in [-0.4, -0.2) is 23.6 Å². The Hall–Kier alpha value is -2.08. The van der Waals surface area contributed by atoms with Crippen LogP contribution in [0.5, 0.6) is 0 Å². The first kappa shape index (κ1) is 15.0. The van der Waals surface area contributed by atoms with E-state index < -0.39 is 11.9 Å². The first-order valence-corrected chi connectivity index (χ1v) is 5.31. The SMILES string of the molecule is CC(C#N)CN(C)c1cc(C(F)(F)F)nc(NN)n1. The van der Waals surface area contributed by atoms with Crippen LogP contribution < -0.4 is 16.2 Å². The minimum Gasteiger partial charge on any atom is -0.358 e. The summed E-state index contributed by atoms with van der Waals surface area (Å²) in [5.41, 5.74) is 0.893. The second-order valence-corrected chi connectivity index (χ2v) is 3.99. The van der Waals surface area contributed by atoms with E-state index in [0.717, 1.165) is 6.07 Å². The molecular formula is C10H13F3N6. The molecule has 0 spiro atoms. The van der Waals surface area contributed by atoms with E-state index in [-0.39, 0.29) is 24.2 Å². The Balaban J connectivity index is 3.10. The Morgan fingerprint density at radius 1 is 1.53 bits per heavy atom. The van der Waals surface area contributed by atoms with Crippen LogP contribution in [0.3, 0.4) is 0 Å². The van der Waals surface area contributed by atoms with E-state index in [9.17, 15) is 13.2 Å². The van der Waals surface area contributed by atoms with Crippen LogP contribution in [0.2, 0.25) is 0 Å². The van der Waals surface area contributed by atoms with Crippen molar-refractivity contribution in [2.75, 3.05) is 23.9 Å². The third kappa shape index (κ3) is 3.96. The molecule has 1 aromatic heterocycles. The summed E-state index contributed by atoms with van der Waals surface area (Å²) < 4.78 is 37.9. The number of hydrazine groups is 1. The summed E-state index contributed by atoms with van der Waals surface area (Å²) in [7, 11) is 1.54. The van der Waals surface area contributed by atoms with Crippen molar-refractivity contribution in [1.29, 1.82) is 5.26 Å². The molecule has 104 valence electrons. The molecule has 1 atom stereocenters. The molecule has 0 radical (unpaired) electrons. The third-order valence-electron chi connectivity index (χ3n) is 2.29. The zero-order chi connectivity index (χ0) is 14.6. The van der Waals surface area contributed by atoms with Crippen LogP contribution >= 0.6 is 0 Å². The lowest BCUT2D eigenvalue weighted by molar-refractivity contribution is -0.141.